The van der Waals surface area contributed by atoms with E-state index in [0.717, 1.165) is 16.8 Å². The molecule has 0 radical (unpaired) electrons. The van der Waals surface area contributed by atoms with Gasteiger partial charge in [-0.2, -0.15) is 0 Å². The summed E-state index contributed by atoms with van der Waals surface area (Å²) in [6.45, 7) is 5.39. The Bertz CT molecular complexity index is 1080. The highest BCUT2D eigenvalue weighted by Gasteiger charge is 2.29. The molecule has 1 N–H and O–H groups in total. The zero-order valence-electron chi connectivity index (χ0n) is 16.5. The van der Waals surface area contributed by atoms with Gasteiger partial charge >= 0.3 is 0 Å². The second-order valence-electron chi connectivity index (χ2n) is 7.28. The molecule has 0 aliphatic carbocycles. The lowest BCUT2D eigenvalue weighted by Crippen LogP contribution is -2.26. The lowest BCUT2D eigenvalue weighted by Gasteiger charge is -2.17. The van der Waals surface area contributed by atoms with E-state index < -0.39 is 21.0 Å². The van der Waals surface area contributed by atoms with Crippen molar-refractivity contribution >= 4 is 44.6 Å². The van der Waals surface area contributed by atoms with Gasteiger partial charge in [-0.3, -0.25) is 9.59 Å². The average Bonchev–Trinajstić information content (AvgIpc) is 3.08. The third kappa shape index (κ3) is 4.46. The fourth-order valence-electron chi connectivity index (χ4n) is 3.42. The highest BCUT2D eigenvalue weighted by atomic mass is 35.5. The van der Waals surface area contributed by atoms with Crippen LogP contribution in [0.4, 0.5) is 11.4 Å². The van der Waals surface area contributed by atoms with E-state index in [1.54, 1.807) is 35.2 Å². The van der Waals surface area contributed by atoms with Crippen molar-refractivity contribution in [2.24, 2.45) is 0 Å². The number of fused-ring (bicyclic) bond motifs is 1. The van der Waals surface area contributed by atoms with Crippen molar-refractivity contribution in [1.29, 1.82) is 0 Å². The molecule has 2 amide bonds. The normalized spacial score (nSPS) is 14.4. The second kappa shape index (κ2) is 8.16. The number of anilines is 2. The number of hydrogen-bond donors (Lipinski definition) is 1. The Morgan fingerprint density at radius 3 is 2.62 bits per heavy atom. The van der Waals surface area contributed by atoms with Crippen molar-refractivity contribution in [3.8, 4) is 0 Å². The molecule has 29 heavy (non-hydrogen) atoms. The summed E-state index contributed by atoms with van der Waals surface area (Å²) in [4.78, 5) is 25.9. The standard InChI is InChI=1S/C21H23ClN2O4S/c1-13-4-5-17(22)12-19(13)23-21(26)10-14(2)29(27,28)18-6-7-20-16(11-18)8-9-24(20)15(3)25/h4-7,11-12,14H,8-10H2,1-3H3,(H,23,26)/t14-/m0/s1. The summed E-state index contributed by atoms with van der Waals surface area (Å²) in [5, 5.41) is 2.33. The third-order valence-corrected chi connectivity index (χ3v) is 7.50. The van der Waals surface area contributed by atoms with E-state index >= 15 is 0 Å². The summed E-state index contributed by atoms with van der Waals surface area (Å²) < 4.78 is 25.9. The Morgan fingerprint density at radius 1 is 1.21 bits per heavy atom. The quantitative estimate of drug-likeness (QED) is 0.776. The summed E-state index contributed by atoms with van der Waals surface area (Å²) in [7, 11) is -3.69. The molecule has 1 atom stereocenters. The molecule has 154 valence electrons. The van der Waals surface area contributed by atoms with Gasteiger partial charge in [0.2, 0.25) is 11.8 Å². The highest BCUT2D eigenvalue weighted by Crippen LogP contribution is 2.31. The second-order valence-corrected chi connectivity index (χ2v) is 10.1. The maximum absolute atomic E-state index is 13.0. The monoisotopic (exact) mass is 434 g/mol. The SMILES string of the molecule is CC(=O)N1CCc2cc(S(=O)(=O)[C@@H](C)CC(=O)Nc3cc(Cl)ccc3C)ccc21. The molecular weight excluding hydrogens is 412 g/mol. The van der Waals surface area contributed by atoms with Crippen LogP contribution in [-0.2, 0) is 25.8 Å². The summed E-state index contributed by atoms with van der Waals surface area (Å²) >= 11 is 5.96. The first-order valence-electron chi connectivity index (χ1n) is 9.30. The molecule has 8 heteroatoms. The maximum atomic E-state index is 13.0. The Balaban J connectivity index is 1.75. The van der Waals surface area contributed by atoms with Crippen LogP contribution in [0.15, 0.2) is 41.3 Å². The molecule has 2 aromatic carbocycles. The minimum absolute atomic E-state index is 0.0688. The van der Waals surface area contributed by atoms with Gasteiger partial charge in [0.05, 0.1) is 10.1 Å². The van der Waals surface area contributed by atoms with Crippen molar-refractivity contribution in [2.45, 2.75) is 43.8 Å². The first-order chi connectivity index (χ1) is 13.6. The van der Waals surface area contributed by atoms with Crippen LogP contribution in [0.5, 0.6) is 0 Å². The molecule has 6 nitrogen and oxygen atoms in total. The van der Waals surface area contributed by atoms with Crippen LogP contribution < -0.4 is 10.2 Å². The number of rotatable bonds is 5. The first kappa shape index (κ1) is 21.3. The number of benzene rings is 2. The zero-order valence-corrected chi connectivity index (χ0v) is 18.1. The number of nitrogens with one attached hydrogen (secondary N) is 1. The smallest absolute Gasteiger partial charge is 0.225 e. The summed E-state index contributed by atoms with van der Waals surface area (Å²) in [6, 6.07) is 9.93. The molecule has 1 aliphatic rings. The number of carbonyl (C=O) groups excluding carboxylic acids is 2. The van der Waals surface area contributed by atoms with Crippen molar-refractivity contribution in [3.63, 3.8) is 0 Å². The Labute approximate surface area is 175 Å². The third-order valence-electron chi connectivity index (χ3n) is 5.13. The van der Waals surface area contributed by atoms with Crippen molar-refractivity contribution in [3.05, 3.63) is 52.5 Å². The highest BCUT2D eigenvalue weighted by molar-refractivity contribution is 7.92. The van der Waals surface area contributed by atoms with Crippen molar-refractivity contribution in [1.82, 2.24) is 0 Å². The summed E-state index contributed by atoms with van der Waals surface area (Å²) in [5.74, 6) is -0.462. The number of carbonyl (C=O) groups is 2. The Hall–Kier alpha value is -2.38. The molecule has 1 heterocycles. The fourth-order valence-corrected chi connectivity index (χ4v) is 4.99. The maximum Gasteiger partial charge on any atom is 0.225 e. The van der Waals surface area contributed by atoms with Gasteiger partial charge in [0.15, 0.2) is 9.84 Å². The topological polar surface area (TPSA) is 83.6 Å². The molecule has 0 fully saturated rings. The van der Waals surface area contributed by atoms with Gasteiger partial charge in [0.1, 0.15) is 0 Å². The van der Waals surface area contributed by atoms with E-state index in [-0.39, 0.29) is 17.2 Å². The molecule has 1 aliphatic heterocycles. The number of amides is 2. The minimum Gasteiger partial charge on any atom is -0.326 e. The molecule has 0 bridgehead atoms. The predicted molar refractivity (Wildman–Crippen MR) is 114 cm³/mol. The average molecular weight is 435 g/mol. The van der Waals surface area contributed by atoms with Crippen LogP contribution in [0.1, 0.15) is 31.4 Å². The van der Waals surface area contributed by atoms with Gasteiger partial charge in [-0.1, -0.05) is 17.7 Å². The van der Waals surface area contributed by atoms with Crippen LogP contribution in [0.25, 0.3) is 0 Å². The molecule has 0 unspecified atom stereocenters. The van der Waals surface area contributed by atoms with E-state index in [2.05, 4.69) is 5.32 Å². The van der Waals surface area contributed by atoms with E-state index in [1.807, 2.05) is 6.92 Å². The van der Waals surface area contributed by atoms with Crippen LogP contribution in [0.3, 0.4) is 0 Å². The Morgan fingerprint density at radius 2 is 1.93 bits per heavy atom. The molecule has 0 aromatic heterocycles. The number of hydrogen-bond acceptors (Lipinski definition) is 4. The van der Waals surface area contributed by atoms with E-state index in [0.29, 0.717) is 23.7 Å². The van der Waals surface area contributed by atoms with Gasteiger partial charge in [0.25, 0.3) is 0 Å². The first-order valence-corrected chi connectivity index (χ1v) is 11.2. The summed E-state index contributed by atoms with van der Waals surface area (Å²) in [5.41, 5.74) is 2.98. The molecular formula is C21H23ClN2O4S. The van der Waals surface area contributed by atoms with E-state index in [9.17, 15) is 18.0 Å². The molecule has 2 aromatic rings. The van der Waals surface area contributed by atoms with Crippen LogP contribution >= 0.6 is 11.6 Å². The van der Waals surface area contributed by atoms with Crippen LogP contribution in [0, 0.1) is 6.92 Å². The number of sulfone groups is 1. The molecule has 3 rings (SSSR count). The predicted octanol–water partition coefficient (Wildman–Crippen LogP) is 3.75. The van der Waals surface area contributed by atoms with Gasteiger partial charge in [0, 0.05) is 36.3 Å². The van der Waals surface area contributed by atoms with E-state index in [4.69, 9.17) is 11.6 Å². The zero-order chi connectivity index (χ0) is 21.3. The largest absolute Gasteiger partial charge is 0.326 e. The van der Waals surface area contributed by atoms with Crippen molar-refractivity contribution in [2.75, 3.05) is 16.8 Å². The lowest BCUT2D eigenvalue weighted by atomic mass is 10.2. The molecule has 0 saturated heterocycles. The molecule has 0 spiro atoms. The number of aryl methyl sites for hydroxylation is 1. The van der Waals surface area contributed by atoms with Crippen LogP contribution in [-0.4, -0.2) is 32.0 Å². The fraction of sp³-hybridized carbons (Fsp3) is 0.333. The minimum atomic E-state index is -3.69. The summed E-state index contributed by atoms with van der Waals surface area (Å²) in [6.07, 6.45) is 0.437. The molecule has 0 saturated carbocycles. The van der Waals surface area contributed by atoms with E-state index in [1.165, 1.54) is 19.9 Å². The van der Waals surface area contributed by atoms with Gasteiger partial charge in [-0.05, 0) is 61.7 Å². The van der Waals surface area contributed by atoms with Gasteiger partial charge in [-0.15, -0.1) is 0 Å². The Kier molecular flexibility index (Phi) is 6.00. The lowest BCUT2D eigenvalue weighted by molar-refractivity contribution is -0.117. The van der Waals surface area contributed by atoms with Crippen molar-refractivity contribution < 1.29 is 18.0 Å². The number of nitrogens with zero attached hydrogens (tertiary/aromatic N) is 1. The van der Waals surface area contributed by atoms with Gasteiger partial charge < -0.3 is 10.2 Å². The van der Waals surface area contributed by atoms with Gasteiger partial charge in [-0.25, -0.2) is 8.42 Å². The van der Waals surface area contributed by atoms with Crippen LogP contribution in [0.2, 0.25) is 5.02 Å². The number of halogens is 1.